The van der Waals surface area contributed by atoms with Crippen LogP contribution in [0.2, 0.25) is 0 Å². The van der Waals surface area contributed by atoms with Gasteiger partial charge < -0.3 is 10.4 Å². The first-order valence-electron chi connectivity index (χ1n) is 7.47. The van der Waals surface area contributed by atoms with Gasteiger partial charge in [-0.3, -0.25) is 0 Å². The first kappa shape index (κ1) is 15.6. The average molecular weight is 325 g/mol. The molecule has 0 bridgehead atoms. The molecule has 1 aromatic carbocycles. The smallest absolute Gasteiger partial charge is 0.188 e. The molecule has 4 nitrogen and oxygen atoms in total. The molecule has 2 heterocycles. The predicted molar refractivity (Wildman–Crippen MR) is 94.3 cm³/mol. The summed E-state index contributed by atoms with van der Waals surface area (Å²) >= 11 is 1.57. The Hall–Kier alpha value is -2.24. The summed E-state index contributed by atoms with van der Waals surface area (Å²) in [5, 5.41) is 15.4. The molecule has 3 rings (SSSR count). The van der Waals surface area contributed by atoms with Crippen LogP contribution in [-0.2, 0) is 13.0 Å². The van der Waals surface area contributed by atoms with Crippen LogP contribution < -0.4 is 5.32 Å². The fraction of sp³-hybridized carbons (Fsp3) is 0.222. The molecule has 2 aromatic heterocycles. The molecule has 0 unspecified atom stereocenters. The van der Waals surface area contributed by atoms with Crippen LogP contribution in [0, 0.1) is 13.8 Å². The van der Waals surface area contributed by atoms with Gasteiger partial charge in [-0.2, -0.15) is 0 Å². The predicted octanol–water partition coefficient (Wildman–Crippen LogP) is 3.98. The number of nitrogens with one attached hydrogen (secondary N) is 1. The van der Waals surface area contributed by atoms with Crippen LogP contribution in [0.1, 0.15) is 27.9 Å². The van der Waals surface area contributed by atoms with Crippen molar-refractivity contribution in [3.8, 4) is 0 Å². The Morgan fingerprint density at radius 2 is 2.00 bits per heavy atom. The minimum Gasteiger partial charge on any atom is -0.392 e. The van der Waals surface area contributed by atoms with Crippen LogP contribution >= 0.6 is 11.3 Å². The molecule has 0 aliphatic heterocycles. The van der Waals surface area contributed by atoms with Gasteiger partial charge in [-0.1, -0.05) is 18.2 Å². The molecule has 0 saturated carbocycles. The number of hydrogen-bond acceptors (Lipinski definition) is 5. The summed E-state index contributed by atoms with van der Waals surface area (Å²) in [5.41, 5.74) is 5.57. The third-order valence-corrected chi connectivity index (χ3v) is 4.54. The molecular formula is C18H19N3OS. The molecule has 118 valence electrons. The summed E-state index contributed by atoms with van der Waals surface area (Å²) in [4.78, 5) is 8.75. The Labute approximate surface area is 139 Å². The van der Waals surface area contributed by atoms with Crippen LogP contribution in [0.15, 0.2) is 41.9 Å². The quantitative estimate of drug-likeness (QED) is 0.745. The first-order valence-corrected chi connectivity index (χ1v) is 8.35. The van der Waals surface area contributed by atoms with Crippen LogP contribution in [-0.4, -0.2) is 15.1 Å². The van der Waals surface area contributed by atoms with Gasteiger partial charge in [-0.15, -0.1) is 11.3 Å². The van der Waals surface area contributed by atoms with Gasteiger partial charge in [0.15, 0.2) is 5.13 Å². The van der Waals surface area contributed by atoms with Crippen molar-refractivity contribution in [3.63, 3.8) is 0 Å². The second-order valence-electron chi connectivity index (χ2n) is 5.56. The Morgan fingerprint density at radius 3 is 2.74 bits per heavy atom. The normalized spacial score (nSPS) is 10.7. The molecule has 5 heteroatoms. The number of aromatic nitrogens is 2. The lowest BCUT2D eigenvalue weighted by molar-refractivity contribution is 0.281. The lowest BCUT2D eigenvalue weighted by Crippen LogP contribution is -1.98. The zero-order chi connectivity index (χ0) is 16.2. The number of anilines is 2. The van der Waals surface area contributed by atoms with Gasteiger partial charge in [-0.05, 0) is 54.7 Å². The average Bonchev–Trinajstić information content (AvgIpc) is 2.95. The number of rotatable bonds is 5. The summed E-state index contributed by atoms with van der Waals surface area (Å²) in [7, 11) is 0. The number of benzene rings is 1. The van der Waals surface area contributed by atoms with E-state index in [2.05, 4.69) is 34.3 Å². The lowest BCUT2D eigenvalue weighted by Gasteiger charge is -2.09. The van der Waals surface area contributed by atoms with Gasteiger partial charge in [0.25, 0.3) is 0 Å². The van der Waals surface area contributed by atoms with Crippen molar-refractivity contribution in [1.82, 2.24) is 9.97 Å². The van der Waals surface area contributed by atoms with Crippen LogP contribution in [0.5, 0.6) is 0 Å². The third kappa shape index (κ3) is 3.94. The Bertz CT molecular complexity index is 814. The topological polar surface area (TPSA) is 58.0 Å². The second kappa shape index (κ2) is 6.89. The molecular weight excluding hydrogens is 306 g/mol. The van der Waals surface area contributed by atoms with Crippen molar-refractivity contribution >= 4 is 22.3 Å². The van der Waals surface area contributed by atoms with Crippen molar-refractivity contribution in [2.24, 2.45) is 0 Å². The van der Waals surface area contributed by atoms with E-state index in [1.54, 1.807) is 11.3 Å². The monoisotopic (exact) mass is 325 g/mol. The molecule has 0 fully saturated rings. The van der Waals surface area contributed by atoms with Crippen molar-refractivity contribution < 1.29 is 5.11 Å². The SMILES string of the molecule is Cc1csc(Nc2cc(Cc3cc(CO)ccc3C)ccn2)n1. The fourth-order valence-electron chi connectivity index (χ4n) is 2.41. The van der Waals surface area contributed by atoms with Crippen molar-refractivity contribution in [3.05, 3.63) is 69.9 Å². The minimum atomic E-state index is 0.0693. The number of nitrogens with zero attached hydrogens (tertiary/aromatic N) is 2. The second-order valence-corrected chi connectivity index (χ2v) is 6.42. The molecule has 0 spiro atoms. The molecule has 0 aliphatic carbocycles. The van der Waals surface area contributed by atoms with Gasteiger partial charge in [0.1, 0.15) is 5.82 Å². The van der Waals surface area contributed by atoms with E-state index < -0.39 is 0 Å². The highest BCUT2D eigenvalue weighted by atomic mass is 32.1. The Balaban J connectivity index is 1.80. The van der Waals surface area contributed by atoms with Gasteiger partial charge >= 0.3 is 0 Å². The maximum absolute atomic E-state index is 9.30. The van der Waals surface area contributed by atoms with E-state index >= 15 is 0 Å². The highest BCUT2D eigenvalue weighted by molar-refractivity contribution is 7.13. The van der Waals surface area contributed by atoms with Crippen molar-refractivity contribution in [1.29, 1.82) is 0 Å². The minimum absolute atomic E-state index is 0.0693. The molecule has 23 heavy (non-hydrogen) atoms. The van der Waals surface area contributed by atoms with Crippen LogP contribution in [0.25, 0.3) is 0 Å². The van der Waals surface area contributed by atoms with Gasteiger partial charge in [0.05, 0.1) is 12.3 Å². The Morgan fingerprint density at radius 1 is 1.13 bits per heavy atom. The molecule has 3 aromatic rings. The molecule has 0 saturated heterocycles. The molecule has 0 aliphatic rings. The highest BCUT2D eigenvalue weighted by Crippen LogP contribution is 2.21. The highest BCUT2D eigenvalue weighted by Gasteiger charge is 2.05. The number of aliphatic hydroxyl groups excluding tert-OH is 1. The van der Waals surface area contributed by atoms with Crippen LogP contribution in [0.4, 0.5) is 10.9 Å². The largest absolute Gasteiger partial charge is 0.392 e. The van der Waals surface area contributed by atoms with E-state index in [0.29, 0.717) is 0 Å². The molecule has 2 N–H and O–H groups in total. The number of thiazole rings is 1. The van der Waals surface area contributed by atoms with Crippen molar-refractivity contribution in [2.75, 3.05) is 5.32 Å². The summed E-state index contributed by atoms with van der Waals surface area (Å²) in [6, 6.07) is 10.1. The zero-order valence-corrected chi connectivity index (χ0v) is 14.0. The van der Waals surface area contributed by atoms with Crippen LogP contribution in [0.3, 0.4) is 0 Å². The zero-order valence-electron chi connectivity index (χ0n) is 13.2. The summed E-state index contributed by atoms with van der Waals surface area (Å²) in [6.07, 6.45) is 2.62. The summed E-state index contributed by atoms with van der Waals surface area (Å²) < 4.78 is 0. The first-order chi connectivity index (χ1) is 11.1. The van der Waals surface area contributed by atoms with E-state index in [4.69, 9.17) is 0 Å². The van der Waals surface area contributed by atoms with E-state index in [9.17, 15) is 5.11 Å². The van der Waals surface area contributed by atoms with E-state index in [-0.39, 0.29) is 6.61 Å². The van der Waals surface area contributed by atoms with Gasteiger partial charge in [0, 0.05) is 11.6 Å². The standard InChI is InChI=1S/C18H19N3OS/c1-12-3-4-15(10-22)8-16(12)7-14-5-6-19-17(9-14)21-18-20-13(2)11-23-18/h3-6,8-9,11,22H,7,10H2,1-2H3,(H,19,20,21). The summed E-state index contributed by atoms with van der Waals surface area (Å²) in [6.45, 7) is 4.14. The van der Waals surface area contributed by atoms with E-state index in [1.165, 1.54) is 16.7 Å². The van der Waals surface area contributed by atoms with E-state index in [1.807, 2.05) is 36.7 Å². The number of aliphatic hydroxyl groups is 1. The third-order valence-electron chi connectivity index (χ3n) is 3.67. The summed E-state index contributed by atoms with van der Waals surface area (Å²) in [5.74, 6) is 0.799. The number of hydrogen-bond donors (Lipinski definition) is 2. The van der Waals surface area contributed by atoms with Gasteiger partial charge in [-0.25, -0.2) is 9.97 Å². The van der Waals surface area contributed by atoms with E-state index in [0.717, 1.165) is 28.6 Å². The molecule has 0 amide bonds. The maximum Gasteiger partial charge on any atom is 0.188 e. The van der Waals surface area contributed by atoms with Gasteiger partial charge in [0.2, 0.25) is 0 Å². The number of aryl methyl sites for hydroxylation is 2. The van der Waals surface area contributed by atoms with Crippen molar-refractivity contribution in [2.45, 2.75) is 26.9 Å². The lowest BCUT2D eigenvalue weighted by atomic mass is 9.99. The fourth-order valence-corrected chi connectivity index (χ4v) is 3.10. The molecule has 0 atom stereocenters. The maximum atomic E-state index is 9.30. The number of pyridine rings is 1. The molecule has 0 radical (unpaired) electrons. The Kier molecular flexibility index (Phi) is 4.69.